The molecule has 0 saturated carbocycles. The van der Waals surface area contributed by atoms with Crippen molar-refractivity contribution in [2.24, 2.45) is 5.92 Å². The van der Waals surface area contributed by atoms with Gasteiger partial charge in [-0.15, -0.1) is 0 Å². The Balaban J connectivity index is 2.40. The third-order valence-electron chi connectivity index (χ3n) is 3.33. The molecule has 0 aliphatic carbocycles. The lowest BCUT2D eigenvalue weighted by Gasteiger charge is -2.20. The molecule has 0 aromatic heterocycles. The fourth-order valence-electron chi connectivity index (χ4n) is 1.87. The van der Waals surface area contributed by atoms with E-state index in [9.17, 15) is 9.59 Å². The Bertz CT molecular complexity index is 326. The highest BCUT2D eigenvalue weighted by molar-refractivity contribution is 5.97. The largest absolute Gasteiger partial charge is 0.353 e. The zero-order chi connectivity index (χ0) is 13.5. The summed E-state index contributed by atoms with van der Waals surface area (Å²) in [5, 5.41) is 2.82. The van der Waals surface area contributed by atoms with Crippen LogP contribution in [0.15, 0.2) is 12.2 Å². The van der Waals surface area contributed by atoms with Gasteiger partial charge in [-0.3, -0.25) is 9.59 Å². The molecule has 102 valence electrons. The van der Waals surface area contributed by atoms with E-state index in [2.05, 4.69) is 18.3 Å². The van der Waals surface area contributed by atoms with E-state index in [1.807, 2.05) is 19.9 Å². The number of carbonyl (C=O) groups excluding carboxylic acids is 2. The van der Waals surface area contributed by atoms with Crippen LogP contribution in [-0.4, -0.2) is 35.8 Å². The van der Waals surface area contributed by atoms with Crippen LogP contribution in [0.3, 0.4) is 0 Å². The Labute approximate surface area is 109 Å². The fourth-order valence-corrected chi connectivity index (χ4v) is 1.87. The molecule has 2 amide bonds. The Morgan fingerprint density at radius 3 is 2.89 bits per heavy atom. The third-order valence-corrected chi connectivity index (χ3v) is 3.33. The predicted octanol–water partition coefficient (Wildman–Crippen LogP) is 1.72. The van der Waals surface area contributed by atoms with Gasteiger partial charge in [0.25, 0.3) is 0 Å². The molecule has 18 heavy (non-hydrogen) atoms. The van der Waals surface area contributed by atoms with Crippen LogP contribution >= 0.6 is 0 Å². The van der Waals surface area contributed by atoms with E-state index in [1.54, 1.807) is 4.90 Å². The second-order valence-electron chi connectivity index (χ2n) is 5.09. The molecule has 1 heterocycles. The van der Waals surface area contributed by atoms with Gasteiger partial charge in [-0.25, -0.2) is 0 Å². The van der Waals surface area contributed by atoms with Crippen molar-refractivity contribution in [3.8, 4) is 0 Å². The first kappa shape index (κ1) is 14.7. The van der Waals surface area contributed by atoms with Gasteiger partial charge in [0, 0.05) is 19.1 Å². The summed E-state index contributed by atoms with van der Waals surface area (Å²) in [6, 6.07) is 0.134. The van der Waals surface area contributed by atoms with E-state index in [1.165, 1.54) is 0 Å². The molecule has 4 heteroatoms. The number of rotatable bonds is 4. The van der Waals surface area contributed by atoms with Gasteiger partial charge in [-0.1, -0.05) is 26.0 Å². The Hall–Kier alpha value is -1.32. The van der Waals surface area contributed by atoms with Gasteiger partial charge in [-0.05, 0) is 25.7 Å². The molecule has 2 unspecified atom stereocenters. The van der Waals surface area contributed by atoms with Crippen LogP contribution in [0.4, 0.5) is 0 Å². The first-order valence-corrected chi connectivity index (χ1v) is 6.76. The lowest BCUT2D eigenvalue weighted by molar-refractivity contribution is -0.135. The number of nitrogens with zero attached hydrogens (tertiary/aromatic N) is 1. The minimum Gasteiger partial charge on any atom is -0.353 e. The average Bonchev–Trinajstić information content (AvgIpc) is 2.53. The van der Waals surface area contributed by atoms with E-state index >= 15 is 0 Å². The monoisotopic (exact) mass is 252 g/mol. The number of carbonyl (C=O) groups is 2. The number of nitrogens with one attached hydrogen (secondary N) is 1. The molecule has 4 nitrogen and oxygen atoms in total. The summed E-state index contributed by atoms with van der Waals surface area (Å²) in [4.78, 5) is 25.4. The van der Waals surface area contributed by atoms with Crippen LogP contribution in [0, 0.1) is 5.92 Å². The van der Waals surface area contributed by atoms with Gasteiger partial charge < -0.3 is 10.2 Å². The van der Waals surface area contributed by atoms with Crippen LogP contribution in [0.25, 0.3) is 0 Å². The first-order valence-electron chi connectivity index (χ1n) is 6.76. The summed E-state index contributed by atoms with van der Waals surface area (Å²) >= 11 is 0. The topological polar surface area (TPSA) is 49.4 Å². The fraction of sp³-hybridized carbons (Fsp3) is 0.714. The average molecular weight is 252 g/mol. The highest BCUT2D eigenvalue weighted by atomic mass is 16.2. The normalized spacial score (nSPS) is 21.3. The smallest absolute Gasteiger partial charge is 0.232 e. The third kappa shape index (κ3) is 4.90. The summed E-state index contributed by atoms with van der Waals surface area (Å²) in [5.74, 6) is 0.266. The van der Waals surface area contributed by atoms with Gasteiger partial charge in [-0.2, -0.15) is 0 Å². The van der Waals surface area contributed by atoms with Crippen molar-refractivity contribution in [2.75, 3.05) is 13.1 Å². The van der Waals surface area contributed by atoms with Gasteiger partial charge in [0.2, 0.25) is 11.8 Å². The summed E-state index contributed by atoms with van der Waals surface area (Å²) in [5.41, 5.74) is 0. The molecular formula is C14H24N2O2. The van der Waals surface area contributed by atoms with Crippen LogP contribution in [0.2, 0.25) is 0 Å². The second kappa shape index (κ2) is 7.19. The van der Waals surface area contributed by atoms with E-state index in [4.69, 9.17) is 0 Å². The molecule has 1 aliphatic rings. The predicted molar refractivity (Wildman–Crippen MR) is 72.0 cm³/mol. The number of allylic oxidation sites excluding steroid dienone is 1. The standard InChI is InChI=1S/C14H24N2O2/c1-4-12(3)15-13(17)10-14(18)16-8-5-6-11(2)7-9-16/h5-6,11-12H,4,7-10H2,1-3H3,(H,15,17). The van der Waals surface area contributed by atoms with E-state index in [0.717, 1.165) is 19.4 Å². The molecule has 1 aliphatic heterocycles. The molecule has 0 aromatic rings. The number of hydrogen-bond donors (Lipinski definition) is 1. The SMILES string of the molecule is CCC(C)NC(=O)CC(=O)N1CC=CC(C)CC1. The van der Waals surface area contributed by atoms with Crippen molar-refractivity contribution in [1.29, 1.82) is 0 Å². The Kier molecular flexibility index (Phi) is 5.89. The molecule has 1 rings (SSSR count). The van der Waals surface area contributed by atoms with Crippen molar-refractivity contribution < 1.29 is 9.59 Å². The molecule has 1 N–H and O–H groups in total. The first-order chi connectivity index (χ1) is 8.52. The maximum Gasteiger partial charge on any atom is 0.232 e. The maximum absolute atomic E-state index is 12.0. The van der Waals surface area contributed by atoms with Crippen molar-refractivity contribution in [3.63, 3.8) is 0 Å². The zero-order valence-electron chi connectivity index (χ0n) is 11.6. The molecule has 0 aromatic carbocycles. The highest BCUT2D eigenvalue weighted by Crippen LogP contribution is 2.11. The highest BCUT2D eigenvalue weighted by Gasteiger charge is 2.18. The van der Waals surface area contributed by atoms with E-state index in [-0.39, 0.29) is 24.3 Å². The Morgan fingerprint density at radius 1 is 1.50 bits per heavy atom. The molecule has 0 spiro atoms. The molecule has 0 bridgehead atoms. The minimum atomic E-state index is -0.171. The summed E-state index contributed by atoms with van der Waals surface area (Å²) in [7, 11) is 0. The molecule has 0 saturated heterocycles. The van der Waals surface area contributed by atoms with Gasteiger partial charge in [0.15, 0.2) is 0 Å². The van der Waals surface area contributed by atoms with Gasteiger partial charge in [0.05, 0.1) is 0 Å². The van der Waals surface area contributed by atoms with Crippen LogP contribution in [0.5, 0.6) is 0 Å². The second-order valence-corrected chi connectivity index (χ2v) is 5.09. The van der Waals surface area contributed by atoms with Crippen LogP contribution in [-0.2, 0) is 9.59 Å². The van der Waals surface area contributed by atoms with E-state index < -0.39 is 0 Å². The molecule has 0 radical (unpaired) electrons. The number of amides is 2. The van der Waals surface area contributed by atoms with Crippen molar-refractivity contribution in [1.82, 2.24) is 10.2 Å². The van der Waals surface area contributed by atoms with Crippen LogP contribution < -0.4 is 5.32 Å². The summed E-state index contributed by atoms with van der Waals surface area (Å²) in [6.07, 6.45) is 5.96. The Morgan fingerprint density at radius 2 is 2.22 bits per heavy atom. The van der Waals surface area contributed by atoms with E-state index in [0.29, 0.717) is 12.5 Å². The molecular weight excluding hydrogens is 228 g/mol. The van der Waals surface area contributed by atoms with Gasteiger partial charge >= 0.3 is 0 Å². The zero-order valence-corrected chi connectivity index (χ0v) is 11.6. The minimum absolute atomic E-state index is 0.0352. The van der Waals surface area contributed by atoms with Crippen molar-refractivity contribution in [3.05, 3.63) is 12.2 Å². The summed E-state index contributed by atoms with van der Waals surface area (Å²) < 4.78 is 0. The molecule has 2 atom stereocenters. The lowest BCUT2D eigenvalue weighted by Crippen LogP contribution is -2.38. The van der Waals surface area contributed by atoms with Gasteiger partial charge in [0.1, 0.15) is 6.42 Å². The molecule has 0 fully saturated rings. The van der Waals surface area contributed by atoms with Crippen molar-refractivity contribution >= 4 is 11.8 Å². The van der Waals surface area contributed by atoms with Crippen LogP contribution in [0.1, 0.15) is 40.0 Å². The quantitative estimate of drug-likeness (QED) is 0.612. The van der Waals surface area contributed by atoms with Crippen molar-refractivity contribution in [2.45, 2.75) is 46.1 Å². The maximum atomic E-state index is 12.0. The lowest BCUT2D eigenvalue weighted by atomic mass is 10.1. The summed E-state index contributed by atoms with van der Waals surface area (Å²) in [6.45, 7) is 7.45. The number of hydrogen-bond acceptors (Lipinski definition) is 2.